The van der Waals surface area contributed by atoms with Gasteiger partial charge in [0.2, 0.25) is 5.78 Å². The third-order valence-corrected chi connectivity index (χ3v) is 3.71. The lowest BCUT2D eigenvalue weighted by Crippen LogP contribution is -2.34. The Labute approximate surface area is 159 Å². The number of aromatic amines is 1. The number of amides is 1. The highest BCUT2D eigenvalue weighted by molar-refractivity contribution is 6.05. The molecule has 0 saturated carbocycles. The fourth-order valence-corrected chi connectivity index (χ4v) is 2.62. The molecule has 1 heterocycles. The summed E-state index contributed by atoms with van der Waals surface area (Å²) in [4.78, 5) is 50.5. The number of esters is 1. The first-order valence-corrected chi connectivity index (χ1v) is 8.74. The first kappa shape index (κ1) is 22.4. The Bertz CT molecular complexity index is 742. The van der Waals surface area contributed by atoms with Crippen LogP contribution in [0.15, 0.2) is 0 Å². The van der Waals surface area contributed by atoms with Crippen LogP contribution in [0.1, 0.15) is 73.1 Å². The number of alkyl carbamates (subject to hydrolysis) is 1. The summed E-state index contributed by atoms with van der Waals surface area (Å²) >= 11 is 0. The summed E-state index contributed by atoms with van der Waals surface area (Å²) in [5.74, 6) is -1.19. The number of aryl methyl sites for hydroxylation is 1. The molecule has 0 radical (unpaired) electrons. The van der Waals surface area contributed by atoms with E-state index >= 15 is 0 Å². The van der Waals surface area contributed by atoms with Crippen molar-refractivity contribution in [2.45, 2.75) is 66.6 Å². The highest BCUT2D eigenvalue weighted by atomic mass is 16.6. The van der Waals surface area contributed by atoms with E-state index < -0.39 is 29.6 Å². The lowest BCUT2D eigenvalue weighted by molar-refractivity contribution is -0.146. The topological polar surface area (TPSA) is 115 Å². The molecule has 1 aromatic heterocycles. The van der Waals surface area contributed by atoms with Crippen LogP contribution in [0.25, 0.3) is 0 Å². The van der Waals surface area contributed by atoms with Crippen LogP contribution in [0, 0.1) is 13.8 Å². The molecule has 0 bridgehead atoms. The summed E-state index contributed by atoms with van der Waals surface area (Å²) in [6.45, 7) is 11.5. The molecule has 1 aromatic rings. The standard InChI is InChI=1S/C19H28N2O6/c1-10-15(12(3)22)11(2)21-16(10)17(24)13(4)26-14(23)8-9-20-18(25)27-19(5,6)7/h13,21H,8-9H2,1-7H3,(H,20,25)/t13-/m1/s1. The maximum absolute atomic E-state index is 12.5. The Kier molecular flexibility index (Phi) is 7.33. The molecular weight excluding hydrogens is 352 g/mol. The van der Waals surface area contributed by atoms with E-state index in [4.69, 9.17) is 9.47 Å². The maximum Gasteiger partial charge on any atom is 0.407 e. The SMILES string of the molecule is CC(=O)c1c(C)[nH]c(C(=O)[C@@H](C)OC(=O)CCNC(=O)OC(C)(C)C)c1C. The van der Waals surface area contributed by atoms with E-state index in [9.17, 15) is 19.2 Å². The average molecular weight is 380 g/mol. The van der Waals surface area contributed by atoms with E-state index in [1.54, 1.807) is 34.6 Å². The lowest BCUT2D eigenvalue weighted by Gasteiger charge is -2.19. The third-order valence-electron chi connectivity index (χ3n) is 3.71. The van der Waals surface area contributed by atoms with Gasteiger partial charge in [0, 0.05) is 17.8 Å². The Morgan fingerprint density at radius 1 is 1.15 bits per heavy atom. The van der Waals surface area contributed by atoms with Gasteiger partial charge in [0.1, 0.15) is 5.60 Å². The summed E-state index contributed by atoms with van der Waals surface area (Å²) in [5.41, 5.74) is 1.24. The molecule has 2 N–H and O–H groups in total. The largest absolute Gasteiger partial charge is 0.454 e. The quantitative estimate of drug-likeness (QED) is 0.555. The molecular formula is C19H28N2O6. The van der Waals surface area contributed by atoms with Crippen LogP contribution < -0.4 is 5.32 Å². The molecule has 8 nitrogen and oxygen atoms in total. The van der Waals surface area contributed by atoms with Crippen LogP contribution in [0.2, 0.25) is 0 Å². The van der Waals surface area contributed by atoms with Crippen molar-refractivity contribution in [1.82, 2.24) is 10.3 Å². The number of Topliss-reactive ketones (excluding diaryl/α,β-unsaturated/α-hetero) is 2. The minimum Gasteiger partial charge on any atom is -0.454 e. The van der Waals surface area contributed by atoms with Gasteiger partial charge in [0.25, 0.3) is 0 Å². The minimum absolute atomic E-state index is 0.0315. The predicted octanol–water partition coefficient (Wildman–Crippen LogP) is 2.86. The molecule has 27 heavy (non-hydrogen) atoms. The average Bonchev–Trinajstić information content (AvgIpc) is 2.79. The minimum atomic E-state index is -1.02. The van der Waals surface area contributed by atoms with Crippen molar-refractivity contribution < 1.29 is 28.7 Å². The number of ether oxygens (including phenoxy) is 2. The van der Waals surface area contributed by atoms with E-state index in [0.717, 1.165) is 0 Å². The van der Waals surface area contributed by atoms with Crippen LogP contribution >= 0.6 is 0 Å². The summed E-state index contributed by atoms with van der Waals surface area (Å²) in [6.07, 6.45) is -1.75. The zero-order valence-electron chi connectivity index (χ0n) is 16.9. The molecule has 1 atom stereocenters. The number of ketones is 2. The molecule has 0 saturated heterocycles. The summed E-state index contributed by atoms with van der Waals surface area (Å²) < 4.78 is 10.2. The fourth-order valence-electron chi connectivity index (χ4n) is 2.62. The van der Waals surface area contributed by atoms with Gasteiger partial charge in [-0.05, 0) is 54.0 Å². The molecule has 0 aromatic carbocycles. The second-order valence-corrected chi connectivity index (χ2v) is 7.36. The number of aromatic nitrogens is 1. The smallest absolute Gasteiger partial charge is 0.407 e. The lowest BCUT2D eigenvalue weighted by atomic mass is 10.0. The molecule has 1 rings (SSSR count). The number of hydrogen-bond donors (Lipinski definition) is 2. The first-order valence-electron chi connectivity index (χ1n) is 8.74. The zero-order valence-corrected chi connectivity index (χ0v) is 16.9. The predicted molar refractivity (Wildman–Crippen MR) is 99.0 cm³/mol. The number of carbonyl (C=O) groups is 4. The van der Waals surface area contributed by atoms with Crippen molar-refractivity contribution in [3.63, 3.8) is 0 Å². The summed E-state index contributed by atoms with van der Waals surface area (Å²) in [5, 5.41) is 2.45. The molecule has 150 valence electrons. The van der Waals surface area contributed by atoms with Gasteiger partial charge in [-0.15, -0.1) is 0 Å². The van der Waals surface area contributed by atoms with Crippen LogP contribution in [0.3, 0.4) is 0 Å². The van der Waals surface area contributed by atoms with Gasteiger partial charge in [0.15, 0.2) is 11.9 Å². The van der Waals surface area contributed by atoms with Gasteiger partial charge in [-0.3, -0.25) is 14.4 Å². The van der Waals surface area contributed by atoms with Crippen LogP contribution in [-0.2, 0) is 14.3 Å². The van der Waals surface area contributed by atoms with Gasteiger partial charge in [-0.25, -0.2) is 4.79 Å². The van der Waals surface area contributed by atoms with E-state index in [1.807, 2.05) is 0 Å². The zero-order chi connectivity index (χ0) is 20.9. The molecule has 8 heteroatoms. The van der Waals surface area contributed by atoms with E-state index in [0.29, 0.717) is 16.8 Å². The number of rotatable bonds is 7. The van der Waals surface area contributed by atoms with E-state index in [1.165, 1.54) is 13.8 Å². The molecule has 1 amide bonds. The molecule has 0 aliphatic carbocycles. The first-order chi connectivity index (χ1) is 12.3. The van der Waals surface area contributed by atoms with Gasteiger partial charge >= 0.3 is 12.1 Å². The van der Waals surface area contributed by atoms with E-state index in [-0.39, 0.29) is 24.4 Å². The molecule has 0 aliphatic rings. The van der Waals surface area contributed by atoms with E-state index in [2.05, 4.69) is 10.3 Å². The summed E-state index contributed by atoms with van der Waals surface area (Å²) in [7, 11) is 0. The van der Waals surface area contributed by atoms with Crippen molar-refractivity contribution in [2.75, 3.05) is 6.54 Å². The normalized spacial score (nSPS) is 12.3. The highest BCUT2D eigenvalue weighted by Gasteiger charge is 2.26. The van der Waals surface area contributed by atoms with Crippen molar-refractivity contribution in [1.29, 1.82) is 0 Å². The Morgan fingerprint density at radius 2 is 1.74 bits per heavy atom. The highest BCUT2D eigenvalue weighted by Crippen LogP contribution is 2.20. The Hall–Kier alpha value is -2.64. The van der Waals surface area contributed by atoms with Gasteiger partial charge in [-0.1, -0.05) is 0 Å². The second kappa shape index (κ2) is 8.83. The third kappa shape index (κ3) is 6.54. The number of carbonyl (C=O) groups excluding carboxylic acids is 4. The molecule has 0 aliphatic heterocycles. The van der Waals surface area contributed by atoms with Crippen molar-refractivity contribution in [2.24, 2.45) is 0 Å². The number of hydrogen-bond acceptors (Lipinski definition) is 6. The maximum atomic E-state index is 12.5. The van der Waals surface area contributed by atoms with Crippen molar-refractivity contribution in [3.05, 3.63) is 22.5 Å². The van der Waals surface area contributed by atoms with Crippen LogP contribution in [-0.4, -0.2) is 46.9 Å². The van der Waals surface area contributed by atoms with Crippen molar-refractivity contribution in [3.8, 4) is 0 Å². The Balaban J connectivity index is 2.58. The second-order valence-electron chi connectivity index (χ2n) is 7.36. The summed E-state index contributed by atoms with van der Waals surface area (Å²) in [6, 6.07) is 0. The van der Waals surface area contributed by atoms with Gasteiger partial charge in [0.05, 0.1) is 12.1 Å². The van der Waals surface area contributed by atoms with Gasteiger partial charge < -0.3 is 19.8 Å². The van der Waals surface area contributed by atoms with Crippen molar-refractivity contribution >= 4 is 23.6 Å². The molecule has 0 fully saturated rings. The molecule has 0 spiro atoms. The van der Waals surface area contributed by atoms with Gasteiger partial charge in [-0.2, -0.15) is 0 Å². The van der Waals surface area contributed by atoms with Crippen LogP contribution in [0.5, 0.6) is 0 Å². The van der Waals surface area contributed by atoms with Crippen LogP contribution in [0.4, 0.5) is 4.79 Å². The fraction of sp³-hybridized carbons (Fsp3) is 0.579. The molecule has 0 unspecified atom stereocenters. The Morgan fingerprint density at radius 3 is 2.22 bits per heavy atom. The number of nitrogens with one attached hydrogen (secondary N) is 2. The number of H-pyrrole nitrogens is 1. The monoisotopic (exact) mass is 380 g/mol.